The first-order valence-corrected chi connectivity index (χ1v) is 8.01. The Morgan fingerprint density at radius 2 is 2.13 bits per heavy atom. The van der Waals surface area contributed by atoms with Gasteiger partial charge in [0, 0.05) is 30.5 Å². The Morgan fingerprint density at radius 3 is 2.87 bits per heavy atom. The molecular formula is C17H21ClN4O. The van der Waals surface area contributed by atoms with E-state index in [0.717, 1.165) is 30.6 Å². The SMILES string of the molecule is CCCCN(C)C(=O)c1ccnc(Nc2cccc(Cl)c2C)n1. The molecule has 0 radical (unpaired) electrons. The number of aromatic nitrogens is 2. The molecule has 1 aromatic heterocycles. The van der Waals surface area contributed by atoms with Crippen molar-refractivity contribution in [2.45, 2.75) is 26.7 Å². The summed E-state index contributed by atoms with van der Waals surface area (Å²) in [4.78, 5) is 22.5. The van der Waals surface area contributed by atoms with Crippen LogP contribution in [0.3, 0.4) is 0 Å². The number of carbonyl (C=O) groups is 1. The van der Waals surface area contributed by atoms with Gasteiger partial charge in [-0.15, -0.1) is 0 Å². The lowest BCUT2D eigenvalue weighted by Gasteiger charge is -2.16. The molecule has 0 saturated heterocycles. The Kier molecular flexibility index (Phi) is 5.93. The van der Waals surface area contributed by atoms with E-state index in [9.17, 15) is 4.79 Å². The van der Waals surface area contributed by atoms with E-state index in [2.05, 4.69) is 22.2 Å². The fraction of sp³-hybridized carbons (Fsp3) is 0.353. The molecule has 23 heavy (non-hydrogen) atoms. The Balaban J connectivity index is 2.16. The van der Waals surface area contributed by atoms with Gasteiger partial charge in [0.1, 0.15) is 5.69 Å². The van der Waals surface area contributed by atoms with Crippen molar-refractivity contribution in [3.8, 4) is 0 Å². The Bertz CT molecular complexity index is 690. The summed E-state index contributed by atoms with van der Waals surface area (Å²) in [5, 5.41) is 3.78. The van der Waals surface area contributed by atoms with Gasteiger partial charge in [-0.25, -0.2) is 9.97 Å². The molecule has 1 amide bonds. The molecule has 0 unspecified atom stereocenters. The molecule has 2 aromatic rings. The summed E-state index contributed by atoms with van der Waals surface area (Å²) in [6, 6.07) is 7.20. The summed E-state index contributed by atoms with van der Waals surface area (Å²) < 4.78 is 0. The predicted molar refractivity (Wildman–Crippen MR) is 93.4 cm³/mol. The standard InChI is InChI=1S/C17H21ClN4O/c1-4-5-11-22(3)16(23)15-9-10-19-17(21-15)20-14-8-6-7-13(18)12(14)2/h6-10H,4-5,11H2,1-3H3,(H,19,20,21). The highest BCUT2D eigenvalue weighted by Crippen LogP contribution is 2.24. The Hall–Kier alpha value is -2.14. The number of amides is 1. The Labute approximate surface area is 141 Å². The minimum Gasteiger partial charge on any atom is -0.340 e. The molecule has 0 saturated carbocycles. The molecule has 122 valence electrons. The van der Waals surface area contributed by atoms with Gasteiger partial charge in [-0.2, -0.15) is 0 Å². The average molecular weight is 333 g/mol. The smallest absolute Gasteiger partial charge is 0.272 e. The number of halogens is 1. The zero-order valence-electron chi connectivity index (χ0n) is 13.6. The first-order chi connectivity index (χ1) is 11.0. The summed E-state index contributed by atoms with van der Waals surface area (Å²) in [6.07, 6.45) is 3.60. The summed E-state index contributed by atoms with van der Waals surface area (Å²) in [6.45, 7) is 4.73. The van der Waals surface area contributed by atoms with Crippen LogP contribution >= 0.6 is 11.6 Å². The van der Waals surface area contributed by atoms with Gasteiger partial charge in [-0.1, -0.05) is 31.0 Å². The van der Waals surface area contributed by atoms with Gasteiger partial charge in [0.05, 0.1) is 0 Å². The van der Waals surface area contributed by atoms with Crippen molar-refractivity contribution in [1.29, 1.82) is 0 Å². The number of nitrogens with one attached hydrogen (secondary N) is 1. The first-order valence-electron chi connectivity index (χ1n) is 7.63. The highest BCUT2D eigenvalue weighted by molar-refractivity contribution is 6.31. The van der Waals surface area contributed by atoms with E-state index in [-0.39, 0.29) is 5.91 Å². The summed E-state index contributed by atoms with van der Waals surface area (Å²) in [5.74, 6) is 0.275. The number of nitrogens with zero attached hydrogens (tertiary/aromatic N) is 3. The van der Waals surface area contributed by atoms with Crippen LogP contribution < -0.4 is 5.32 Å². The van der Waals surface area contributed by atoms with Crippen molar-refractivity contribution >= 4 is 29.1 Å². The van der Waals surface area contributed by atoms with E-state index in [4.69, 9.17) is 11.6 Å². The second-order valence-electron chi connectivity index (χ2n) is 5.38. The minimum absolute atomic E-state index is 0.105. The average Bonchev–Trinajstić information content (AvgIpc) is 2.56. The minimum atomic E-state index is -0.105. The summed E-state index contributed by atoms with van der Waals surface area (Å²) in [7, 11) is 1.79. The zero-order chi connectivity index (χ0) is 16.8. The van der Waals surface area contributed by atoms with Crippen LogP contribution in [0.4, 0.5) is 11.6 Å². The first kappa shape index (κ1) is 17.2. The number of hydrogen-bond acceptors (Lipinski definition) is 4. The lowest BCUT2D eigenvalue weighted by Crippen LogP contribution is -2.28. The monoisotopic (exact) mass is 332 g/mol. The highest BCUT2D eigenvalue weighted by Gasteiger charge is 2.14. The zero-order valence-corrected chi connectivity index (χ0v) is 14.4. The molecule has 5 nitrogen and oxygen atoms in total. The van der Waals surface area contributed by atoms with Crippen LogP contribution in [0.15, 0.2) is 30.5 Å². The maximum absolute atomic E-state index is 12.4. The van der Waals surface area contributed by atoms with Crippen LogP contribution in [0, 0.1) is 6.92 Å². The third kappa shape index (κ3) is 4.42. The third-order valence-electron chi connectivity index (χ3n) is 3.58. The fourth-order valence-corrected chi connectivity index (χ4v) is 2.27. The van der Waals surface area contributed by atoms with Crippen LogP contribution in [-0.4, -0.2) is 34.4 Å². The number of rotatable bonds is 6. The predicted octanol–water partition coefficient (Wildman–Crippen LogP) is 4.05. The van der Waals surface area contributed by atoms with E-state index in [1.165, 1.54) is 0 Å². The molecule has 0 aliphatic carbocycles. The second-order valence-corrected chi connectivity index (χ2v) is 5.79. The molecular weight excluding hydrogens is 312 g/mol. The van der Waals surface area contributed by atoms with Gasteiger partial charge in [0.15, 0.2) is 0 Å². The molecule has 2 rings (SSSR count). The maximum Gasteiger partial charge on any atom is 0.272 e. The van der Waals surface area contributed by atoms with E-state index in [1.807, 2.05) is 25.1 Å². The van der Waals surface area contributed by atoms with Crippen LogP contribution in [0.2, 0.25) is 5.02 Å². The maximum atomic E-state index is 12.4. The van der Waals surface area contributed by atoms with Gasteiger partial charge in [0.25, 0.3) is 5.91 Å². The quantitative estimate of drug-likeness (QED) is 0.866. The molecule has 0 aliphatic rings. The number of carbonyl (C=O) groups excluding carboxylic acids is 1. The van der Waals surface area contributed by atoms with E-state index in [0.29, 0.717) is 16.7 Å². The van der Waals surface area contributed by atoms with Crippen molar-refractivity contribution in [2.24, 2.45) is 0 Å². The summed E-state index contributed by atoms with van der Waals surface area (Å²) in [5.41, 5.74) is 2.11. The Morgan fingerprint density at radius 1 is 1.35 bits per heavy atom. The number of hydrogen-bond donors (Lipinski definition) is 1. The van der Waals surface area contributed by atoms with Gasteiger partial charge >= 0.3 is 0 Å². The van der Waals surface area contributed by atoms with Crippen LogP contribution in [0.5, 0.6) is 0 Å². The molecule has 0 aliphatic heterocycles. The highest BCUT2D eigenvalue weighted by atomic mass is 35.5. The lowest BCUT2D eigenvalue weighted by molar-refractivity contribution is 0.0787. The lowest BCUT2D eigenvalue weighted by atomic mass is 10.2. The fourth-order valence-electron chi connectivity index (χ4n) is 2.09. The topological polar surface area (TPSA) is 58.1 Å². The van der Waals surface area contributed by atoms with Gasteiger partial charge < -0.3 is 10.2 Å². The van der Waals surface area contributed by atoms with Gasteiger partial charge in [-0.3, -0.25) is 4.79 Å². The van der Waals surface area contributed by atoms with Gasteiger partial charge in [-0.05, 0) is 37.1 Å². The third-order valence-corrected chi connectivity index (χ3v) is 3.99. The van der Waals surface area contributed by atoms with Crippen molar-refractivity contribution in [3.05, 3.63) is 46.7 Å². The van der Waals surface area contributed by atoms with Crippen LogP contribution in [0.25, 0.3) is 0 Å². The van der Waals surface area contributed by atoms with Crippen molar-refractivity contribution in [1.82, 2.24) is 14.9 Å². The molecule has 1 N–H and O–H groups in total. The largest absolute Gasteiger partial charge is 0.340 e. The molecule has 0 atom stereocenters. The number of unbranched alkanes of at least 4 members (excludes halogenated alkanes) is 1. The van der Waals surface area contributed by atoms with Crippen molar-refractivity contribution in [3.63, 3.8) is 0 Å². The molecule has 6 heteroatoms. The van der Waals surface area contributed by atoms with Gasteiger partial charge in [0.2, 0.25) is 5.95 Å². The second kappa shape index (κ2) is 7.92. The van der Waals surface area contributed by atoms with Crippen molar-refractivity contribution < 1.29 is 4.79 Å². The van der Waals surface area contributed by atoms with Crippen molar-refractivity contribution in [2.75, 3.05) is 18.9 Å². The van der Waals surface area contributed by atoms with Crippen LogP contribution in [-0.2, 0) is 0 Å². The molecule has 1 heterocycles. The molecule has 1 aromatic carbocycles. The van der Waals surface area contributed by atoms with Crippen LogP contribution in [0.1, 0.15) is 35.8 Å². The van der Waals surface area contributed by atoms with E-state index >= 15 is 0 Å². The van der Waals surface area contributed by atoms with E-state index < -0.39 is 0 Å². The molecule has 0 fully saturated rings. The number of benzene rings is 1. The molecule has 0 spiro atoms. The summed E-state index contributed by atoms with van der Waals surface area (Å²) >= 11 is 6.11. The van der Waals surface area contributed by atoms with E-state index in [1.54, 1.807) is 24.2 Å². The normalized spacial score (nSPS) is 10.4. The number of anilines is 2. The molecule has 0 bridgehead atoms.